The molecule has 0 saturated carbocycles. The predicted octanol–water partition coefficient (Wildman–Crippen LogP) is 4.83. The molecule has 2 heterocycles. The Balaban J connectivity index is 1.47. The van der Waals surface area contributed by atoms with Gasteiger partial charge in [0.1, 0.15) is 0 Å². The molecule has 2 aromatic carbocycles. The molecule has 164 valence electrons. The lowest BCUT2D eigenvalue weighted by Crippen LogP contribution is -2.49. The van der Waals surface area contributed by atoms with Gasteiger partial charge in [-0.05, 0) is 48.6 Å². The standard InChI is InChI=1S/C24H26ClFN2O3/c1-23(16-29,21(26)17-7-9-19(25)10-8-17)31-22(27-2)28-13-11-24(12-14-28)20-6-4-3-5-18(20)15-30-24/h3-10,16,21H,11-15H2,1-2H3. The second-order valence-corrected chi connectivity index (χ2v) is 8.69. The second kappa shape index (κ2) is 8.60. The molecular weight excluding hydrogens is 419 g/mol. The molecule has 0 radical (unpaired) electrons. The summed E-state index contributed by atoms with van der Waals surface area (Å²) in [4.78, 5) is 18.1. The van der Waals surface area contributed by atoms with Gasteiger partial charge in [0, 0.05) is 25.2 Å². The van der Waals surface area contributed by atoms with Gasteiger partial charge in [0.25, 0.3) is 6.02 Å². The normalized spacial score (nSPS) is 20.8. The Morgan fingerprint density at radius 3 is 2.58 bits per heavy atom. The van der Waals surface area contributed by atoms with E-state index in [1.165, 1.54) is 18.1 Å². The van der Waals surface area contributed by atoms with Crippen LogP contribution in [0.4, 0.5) is 4.39 Å². The first-order chi connectivity index (χ1) is 14.9. The van der Waals surface area contributed by atoms with Crippen molar-refractivity contribution in [2.24, 2.45) is 4.99 Å². The quantitative estimate of drug-likeness (QED) is 0.385. The number of rotatable bonds is 4. The zero-order chi connectivity index (χ0) is 22.1. The maximum Gasteiger partial charge on any atom is 0.288 e. The number of hydrogen-bond donors (Lipinski definition) is 0. The van der Waals surface area contributed by atoms with Crippen molar-refractivity contribution in [2.75, 3.05) is 20.1 Å². The lowest BCUT2D eigenvalue weighted by molar-refractivity contribution is -0.129. The van der Waals surface area contributed by atoms with Gasteiger partial charge in [-0.3, -0.25) is 4.79 Å². The summed E-state index contributed by atoms with van der Waals surface area (Å²) in [5.74, 6) is 0. The van der Waals surface area contributed by atoms with Crippen LogP contribution in [0.15, 0.2) is 53.5 Å². The molecule has 2 aliphatic heterocycles. The first kappa shape index (κ1) is 21.8. The maximum absolute atomic E-state index is 15.3. The van der Waals surface area contributed by atoms with Gasteiger partial charge in [0.05, 0.1) is 12.2 Å². The Kier molecular flexibility index (Phi) is 6.04. The summed E-state index contributed by atoms with van der Waals surface area (Å²) in [5, 5.41) is 0.499. The molecule has 1 saturated heterocycles. The van der Waals surface area contributed by atoms with Crippen molar-refractivity contribution < 1.29 is 18.7 Å². The van der Waals surface area contributed by atoms with Crippen LogP contribution in [0.5, 0.6) is 0 Å². The van der Waals surface area contributed by atoms with Gasteiger partial charge < -0.3 is 14.4 Å². The van der Waals surface area contributed by atoms with Crippen molar-refractivity contribution in [3.8, 4) is 0 Å². The largest absolute Gasteiger partial charge is 0.448 e. The minimum Gasteiger partial charge on any atom is -0.448 e. The lowest BCUT2D eigenvalue weighted by Gasteiger charge is -2.41. The number of aldehydes is 1. The maximum atomic E-state index is 15.3. The van der Waals surface area contributed by atoms with Gasteiger partial charge in [0.2, 0.25) is 0 Å². The van der Waals surface area contributed by atoms with Crippen LogP contribution in [-0.2, 0) is 26.5 Å². The molecule has 0 aliphatic carbocycles. The van der Waals surface area contributed by atoms with Gasteiger partial charge in [-0.2, -0.15) is 0 Å². The number of amidine groups is 1. The molecule has 0 amide bonds. The summed E-state index contributed by atoms with van der Waals surface area (Å²) < 4.78 is 27.4. The molecule has 0 aromatic heterocycles. The van der Waals surface area contributed by atoms with Gasteiger partial charge in [-0.25, -0.2) is 9.38 Å². The van der Waals surface area contributed by atoms with Gasteiger partial charge in [-0.1, -0.05) is 48.0 Å². The fourth-order valence-corrected chi connectivity index (χ4v) is 4.53. The van der Waals surface area contributed by atoms with E-state index >= 15 is 4.39 Å². The number of fused-ring (bicyclic) bond motifs is 2. The molecule has 0 N–H and O–H groups in total. The Morgan fingerprint density at radius 1 is 1.26 bits per heavy atom. The number of piperidine rings is 1. The first-order valence-electron chi connectivity index (χ1n) is 10.4. The smallest absolute Gasteiger partial charge is 0.288 e. The van der Waals surface area contributed by atoms with E-state index in [1.807, 2.05) is 17.0 Å². The molecule has 2 unspecified atom stereocenters. The summed E-state index contributed by atoms with van der Waals surface area (Å²) in [6.07, 6.45) is 0.361. The summed E-state index contributed by atoms with van der Waals surface area (Å²) in [7, 11) is 1.59. The van der Waals surface area contributed by atoms with Crippen LogP contribution in [0, 0.1) is 0 Å². The highest BCUT2D eigenvalue weighted by Crippen LogP contribution is 2.44. The van der Waals surface area contributed by atoms with E-state index in [4.69, 9.17) is 21.1 Å². The van der Waals surface area contributed by atoms with Crippen LogP contribution in [0.3, 0.4) is 0 Å². The van der Waals surface area contributed by atoms with Crippen LogP contribution in [-0.4, -0.2) is 42.9 Å². The minimum atomic E-state index is -1.71. The molecule has 2 atom stereocenters. The third-order valence-corrected chi connectivity index (χ3v) is 6.51. The second-order valence-electron chi connectivity index (χ2n) is 8.25. The van der Waals surface area contributed by atoms with Crippen molar-refractivity contribution >= 4 is 23.9 Å². The third-order valence-electron chi connectivity index (χ3n) is 6.26. The number of carbonyl (C=O) groups excluding carboxylic acids is 1. The van der Waals surface area contributed by atoms with Crippen molar-refractivity contribution in [1.29, 1.82) is 0 Å². The van der Waals surface area contributed by atoms with E-state index in [2.05, 4.69) is 17.1 Å². The monoisotopic (exact) mass is 444 g/mol. The van der Waals surface area contributed by atoms with E-state index in [9.17, 15) is 4.79 Å². The Hall–Kier alpha value is -2.44. The molecule has 4 rings (SSSR count). The van der Waals surface area contributed by atoms with E-state index in [1.54, 1.807) is 31.3 Å². The molecular formula is C24H26ClFN2O3. The minimum absolute atomic E-state index is 0.257. The number of alkyl halides is 1. The van der Waals surface area contributed by atoms with Crippen molar-refractivity contribution in [3.05, 3.63) is 70.2 Å². The van der Waals surface area contributed by atoms with Crippen LogP contribution < -0.4 is 0 Å². The summed E-state index contributed by atoms with van der Waals surface area (Å²) in [5.41, 5.74) is 0.784. The van der Waals surface area contributed by atoms with Gasteiger partial charge >= 0.3 is 0 Å². The Labute approximate surface area is 186 Å². The molecule has 31 heavy (non-hydrogen) atoms. The summed E-state index contributed by atoms with van der Waals surface area (Å²) >= 11 is 5.90. The summed E-state index contributed by atoms with van der Waals surface area (Å²) in [6.45, 7) is 3.32. The van der Waals surface area contributed by atoms with Gasteiger partial charge in [-0.15, -0.1) is 0 Å². The third kappa shape index (κ3) is 4.06. The van der Waals surface area contributed by atoms with Crippen molar-refractivity contribution in [2.45, 2.75) is 43.7 Å². The first-order valence-corrected chi connectivity index (χ1v) is 10.8. The number of carbonyl (C=O) groups is 1. The molecule has 1 fully saturated rings. The number of aliphatic imine (C=N–C) groups is 1. The van der Waals surface area contributed by atoms with Crippen LogP contribution in [0.2, 0.25) is 5.02 Å². The van der Waals surface area contributed by atoms with E-state index in [0.29, 0.717) is 36.6 Å². The number of ether oxygens (including phenoxy) is 2. The van der Waals surface area contributed by atoms with Crippen LogP contribution in [0.25, 0.3) is 0 Å². The number of benzene rings is 2. The van der Waals surface area contributed by atoms with E-state index < -0.39 is 11.8 Å². The number of nitrogens with zero attached hydrogens (tertiary/aromatic N) is 2. The molecule has 7 heteroatoms. The van der Waals surface area contributed by atoms with Crippen molar-refractivity contribution in [3.63, 3.8) is 0 Å². The fraction of sp³-hybridized carbons (Fsp3) is 0.417. The van der Waals surface area contributed by atoms with Gasteiger partial charge in [0.15, 0.2) is 18.1 Å². The van der Waals surface area contributed by atoms with Crippen molar-refractivity contribution in [1.82, 2.24) is 4.90 Å². The zero-order valence-electron chi connectivity index (χ0n) is 17.7. The average molecular weight is 445 g/mol. The van der Waals surface area contributed by atoms with E-state index in [0.717, 1.165) is 12.8 Å². The average Bonchev–Trinajstić information content (AvgIpc) is 3.16. The topological polar surface area (TPSA) is 51.1 Å². The highest BCUT2D eigenvalue weighted by molar-refractivity contribution is 6.30. The SMILES string of the molecule is CN=C(OC(C)(C=O)C(F)c1ccc(Cl)cc1)N1CCC2(CC1)OCc1ccccc12. The zero-order valence-corrected chi connectivity index (χ0v) is 18.4. The highest BCUT2D eigenvalue weighted by Gasteiger charge is 2.45. The number of halogens is 2. The lowest BCUT2D eigenvalue weighted by atomic mass is 9.84. The predicted molar refractivity (Wildman–Crippen MR) is 118 cm³/mol. The summed E-state index contributed by atoms with van der Waals surface area (Å²) in [6, 6.07) is 14.9. The number of hydrogen-bond acceptors (Lipinski definition) is 4. The van der Waals surface area contributed by atoms with Crippen LogP contribution >= 0.6 is 11.6 Å². The highest BCUT2D eigenvalue weighted by atomic mass is 35.5. The Morgan fingerprint density at radius 2 is 1.94 bits per heavy atom. The molecule has 2 aromatic rings. The molecule has 5 nitrogen and oxygen atoms in total. The molecule has 2 aliphatic rings. The molecule has 1 spiro atoms. The number of likely N-dealkylation sites (tertiary alicyclic amines) is 1. The Bertz CT molecular complexity index is 973. The fourth-order valence-electron chi connectivity index (χ4n) is 4.40. The molecule has 0 bridgehead atoms. The van der Waals surface area contributed by atoms with E-state index in [-0.39, 0.29) is 11.6 Å². The van der Waals surface area contributed by atoms with Crippen LogP contribution in [0.1, 0.15) is 42.6 Å².